The highest BCUT2D eigenvalue weighted by Crippen LogP contribution is 2.37. The van der Waals surface area contributed by atoms with Gasteiger partial charge in [-0.05, 0) is 60.8 Å². The van der Waals surface area contributed by atoms with Crippen LogP contribution < -0.4 is 5.46 Å². The number of aromatic nitrogens is 2. The third-order valence-electron chi connectivity index (χ3n) is 5.30. The molecular weight excluding hydrogens is 279 g/mol. The average molecular weight is 306 g/mol. The van der Waals surface area contributed by atoms with Crippen molar-refractivity contribution in [1.29, 1.82) is 0 Å². The van der Waals surface area contributed by atoms with E-state index in [1.807, 2.05) is 11.6 Å². The van der Waals surface area contributed by atoms with Crippen LogP contribution in [0.3, 0.4) is 0 Å². The summed E-state index contributed by atoms with van der Waals surface area (Å²) in [6.07, 6.45) is 3.39. The van der Waals surface area contributed by atoms with E-state index in [-0.39, 0.29) is 24.5 Å². The van der Waals surface area contributed by atoms with E-state index >= 15 is 0 Å². The van der Waals surface area contributed by atoms with E-state index in [0.29, 0.717) is 0 Å². The van der Waals surface area contributed by atoms with Crippen molar-refractivity contribution in [2.24, 2.45) is 0 Å². The Bertz CT molecular complexity index is 546. The van der Waals surface area contributed by atoms with Gasteiger partial charge in [0.25, 0.3) is 0 Å². The van der Waals surface area contributed by atoms with Gasteiger partial charge in [-0.3, -0.25) is 0 Å². The van der Waals surface area contributed by atoms with Gasteiger partial charge in [0, 0.05) is 17.8 Å². The van der Waals surface area contributed by atoms with Crippen LogP contribution in [0, 0.1) is 13.8 Å². The molecule has 0 amide bonds. The Morgan fingerprint density at radius 3 is 2.27 bits per heavy atom. The number of hydrogen-bond donors (Lipinski definition) is 0. The third kappa shape index (κ3) is 2.51. The van der Waals surface area contributed by atoms with Crippen molar-refractivity contribution >= 4 is 12.6 Å². The van der Waals surface area contributed by atoms with E-state index in [4.69, 9.17) is 19.1 Å². The topological polar surface area (TPSA) is 45.5 Å². The van der Waals surface area contributed by atoms with Crippen LogP contribution in [-0.4, -0.2) is 34.7 Å². The van der Waals surface area contributed by atoms with E-state index < -0.39 is 0 Å². The molecule has 0 saturated carbocycles. The van der Waals surface area contributed by atoms with Gasteiger partial charge in [0.2, 0.25) is 0 Å². The number of aryl methyl sites for hydroxylation is 1. The first kappa shape index (κ1) is 16.0. The highest BCUT2D eigenvalue weighted by molar-refractivity contribution is 6.63. The van der Waals surface area contributed by atoms with Crippen LogP contribution >= 0.6 is 0 Å². The van der Waals surface area contributed by atoms with Gasteiger partial charge in [0.05, 0.1) is 16.9 Å². The molecule has 0 bridgehead atoms. The van der Waals surface area contributed by atoms with Crippen LogP contribution in [0.2, 0.25) is 0 Å². The summed E-state index contributed by atoms with van der Waals surface area (Å²) in [6.45, 7) is 13.2. The van der Waals surface area contributed by atoms with Crippen molar-refractivity contribution in [3.8, 4) is 0 Å². The van der Waals surface area contributed by atoms with Crippen molar-refractivity contribution in [1.82, 2.24) is 9.78 Å². The fraction of sp³-hybridized carbons (Fsp3) is 0.812. The molecule has 1 atom stereocenters. The van der Waals surface area contributed by atoms with E-state index in [1.54, 1.807) is 0 Å². The lowest BCUT2D eigenvalue weighted by Gasteiger charge is -2.32. The Morgan fingerprint density at radius 1 is 1.09 bits per heavy atom. The number of hydrogen-bond acceptors (Lipinski definition) is 4. The molecule has 0 aromatic carbocycles. The molecule has 0 spiro atoms. The van der Waals surface area contributed by atoms with Gasteiger partial charge < -0.3 is 14.0 Å². The second kappa shape index (κ2) is 5.36. The minimum Gasteiger partial charge on any atom is -0.399 e. The molecule has 6 heteroatoms. The van der Waals surface area contributed by atoms with Crippen molar-refractivity contribution in [2.45, 2.75) is 78.2 Å². The summed E-state index contributed by atoms with van der Waals surface area (Å²) in [5.41, 5.74) is 2.43. The summed E-state index contributed by atoms with van der Waals surface area (Å²) in [7, 11) is -0.359. The Labute approximate surface area is 133 Å². The van der Waals surface area contributed by atoms with Crippen LogP contribution in [0.15, 0.2) is 0 Å². The number of rotatable bonds is 2. The molecule has 1 aromatic rings. The maximum atomic E-state index is 6.20. The van der Waals surface area contributed by atoms with Gasteiger partial charge in [0.1, 0.15) is 6.23 Å². The van der Waals surface area contributed by atoms with E-state index in [2.05, 4.69) is 34.6 Å². The highest BCUT2D eigenvalue weighted by Gasteiger charge is 2.53. The zero-order valence-corrected chi connectivity index (χ0v) is 14.6. The highest BCUT2D eigenvalue weighted by atomic mass is 16.7. The molecule has 122 valence electrons. The van der Waals surface area contributed by atoms with E-state index in [1.165, 1.54) is 6.42 Å². The Balaban J connectivity index is 1.91. The molecular formula is C16H27BN2O3. The lowest BCUT2D eigenvalue weighted by Crippen LogP contribution is -2.41. The van der Waals surface area contributed by atoms with Crippen LogP contribution in [0.25, 0.3) is 0 Å². The smallest absolute Gasteiger partial charge is 0.399 e. The SMILES string of the molecule is Cc1nn(C2CCCCO2)c(C)c1B1OC(C)(C)C(C)(C)O1. The molecule has 3 rings (SSSR count). The van der Waals surface area contributed by atoms with Crippen molar-refractivity contribution < 1.29 is 14.0 Å². The molecule has 3 heterocycles. The van der Waals surface area contributed by atoms with Crippen molar-refractivity contribution in [3.63, 3.8) is 0 Å². The van der Waals surface area contributed by atoms with Gasteiger partial charge in [0.15, 0.2) is 0 Å². The third-order valence-corrected chi connectivity index (χ3v) is 5.30. The van der Waals surface area contributed by atoms with Crippen molar-refractivity contribution in [3.05, 3.63) is 11.4 Å². The van der Waals surface area contributed by atoms with Crippen LogP contribution in [0.4, 0.5) is 0 Å². The predicted octanol–water partition coefficient (Wildman–Crippen LogP) is 2.50. The van der Waals surface area contributed by atoms with Crippen molar-refractivity contribution in [2.75, 3.05) is 6.61 Å². The van der Waals surface area contributed by atoms with Crippen LogP contribution in [-0.2, 0) is 14.0 Å². The fourth-order valence-corrected chi connectivity index (χ4v) is 3.17. The summed E-state index contributed by atoms with van der Waals surface area (Å²) in [4.78, 5) is 0. The Kier molecular flexibility index (Phi) is 3.90. The molecule has 2 saturated heterocycles. The first-order valence-electron chi connectivity index (χ1n) is 8.26. The van der Waals surface area contributed by atoms with Gasteiger partial charge in [-0.15, -0.1) is 0 Å². The molecule has 2 aliphatic heterocycles. The molecule has 0 radical (unpaired) electrons. The minimum absolute atomic E-state index is 0.0450. The number of ether oxygens (including phenoxy) is 1. The maximum absolute atomic E-state index is 6.20. The van der Waals surface area contributed by atoms with Gasteiger partial charge in [-0.2, -0.15) is 5.10 Å². The Hall–Kier alpha value is -0.845. The zero-order chi connectivity index (χ0) is 16.1. The lowest BCUT2D eigenvalue weighted by molar-refractivity contribution is -0.0407. The number of nitrogens with zero attached hydrogens (tertiary/aromatic N) is 2. The monoisotopic (exact) mass is 306 g/mol. The quantitative estimate of drug-likeness (QED) is 0.788. The standard InChI is InChI=1S/C16H27BN2O3/c1-11-14(17-21-15(3,4)16(5,6)22-17)12(2)19(18-11)13-9-7-8-10-20-13/h13H,7-10H2,1-6H3. The summed E-state index contributed by atoms with van der Waals surface area (Å²) < 4.78 is 20.3. The molecule has 22 heavy (non-hydrogen) atoms. The molecule has 5 nitrogen and oxygen atoms in total. The second-order valence-electron chi connectivity index (χ2n) is 7.44. The minimum atomic E-state index is -0.359. The average Bonchev–Trinajstić information content (AvgIpc) is 2.84. The molecule has 2 fully saturated rings. The normalized spacial score (nSPS) is 27.4. The molecule has 2 aliphatic rings. The lowest BCUT2D eigenvalue weighted by atomic mass is 9.77. The molecule has 0 aliphatic carbocycles. The van der Waals surface area contributed by atoms with Crippen LogP contribution in [0.5, 0.6) is 0 Å². The second-order valence-corrected chi connectivity index (χ2v) is 7.44. The van der Waals surface area contributed by atoms with Gasteiger partial charge in [-0.1, -0.05) is 0 Å². The first-order chi connectivity index (χ1) is 10.2. The van der Waals surface area contributed by atoms with Gasteiger partial charge in [-0.25, -0.2) is 4.68 Å². The summed E-state index contributed by atoms with van der Waals surface area (Å²) in [5, 5.41) is 4.71. The van der Waals surface area contributed by atoms with E-state index in [0.717, 1.165) is 36.3 Å². The largest absolute Gasteiger partial charge is 0.498 e. The summed E-state index contributed by atoms with van der Waals surface area (Å²) >= 11 is 0. The zero-order valence-electron chi connectivity index (χ0n) is 14.6. The molecule has 0 N–H and O–H groups in total. The Morgan fingerprint density at radius 2 is 1.73 bits per heavy atom. The first-order valence-corrected chi connectivity index (χ1v) is 8.26. The molecule has 1 aromatic heterocycles. The summed E-state index contributed by atoms with van der Waals surface area (Å²) in [6, 6.07) is 0. The molecule has 1 unspecified atom stereocenters. The summed E-state index contributed by atoms with van der Waals surface area (Å²) in [5.74, 6) is 0. The fourth-order valence-electron chi connectivity index (χ4n) is 3.17. The maximum Gasteiger partial charge on any atom is 0.498 e. The predicted molar refractivity (Wildman–Crippen MR) is 86.3 cm³/mol. The van der Waals surface area contributed by atoms with E-state index in [9.17, 15) is 0 Å². The van der Waals surface area contributed by atoms with Gasteiger partial charge >= 0.3 is 7.12 Å². The van der Waals surface area contributed by atoms with Crippen LogP contribution in [0.1, 0.15) is 64.6 Å².